The first-order chi connectivity index (χ1) is 9.28. The summed E-state index contributed by atoms with van der Waals surface area (Å²) < 4.78 is 5.23. The van der Waals surface area contributed by atoms with Crippen molar-refractivity contribution in [2.45, 2.75) is 6.92 Å². The lowest BCUT2D eigenvalue weighted by atomic mass is 10.1. The lowest BCUT2D eigenvalue weighted by Crippen LogP contribution is -1.90. The number of rotatable bonds is 3. The maximum atomic E-state index is 5.23. The molecule has 2 N–H and O–H groups in total. The van der Waals surface area contributed by atoms with E-state index in [0.717, 1.165) is 17.1 Å². The van der Waals surface area contributed by atoms with Gasteiger partial charge in [-0.05, 0) is 24.6 Å². The molecule has 19 heavy (non-hydrogen) atoms. The van der Waals surface area contributed by atoms with Gasteiger partial charge in [-0.1, -0.05) is 24.3 Å². The molecule has 0 aliphatic rings. The number of hydrogen-bond donors (Lipinski definition) is 2. The molecule has 0 amide bonds. The van der Waals surface area contributed by atoms with E-state index in [1.54, 1.807) is 7.11 Å². The molecule has 0 saturated heterocycles. The first-order valence-corrected chi connectivity index (χ1v) is 6.26. The lowest BCUT2D eigenvalue weighted by molar-refractivity contribution is 0.415. The molecular weight excluding hydrogens is 236 g/mol. The zero-order valence-electron chi connectivity index (χ0n) is 11.0. The molecule has 0 bridgehead atoms. The van der Waals surface area contributed by atoms with E-state index in [0.29, 0.717) is 0 Å². The molecule has 1 heterocycles. The van der Waals surface area contributed by atoms with Crippen LogP contribution in [0, 0.1) is 6.92 Å². The molecule has 0 saturated carbocycles. The lowest BCUT2D eigenvalue weighted by Gasteiger charge is -2.07. The second kappa shape index (κ2) is 4.69. The molecular formula is C16H16N2O. The highest BCUT2D eigenvalue weighted by Crippen LogP contribution is 2.29. The number of fused-ring (bicyclic) bond motifs is 1. The SMILES string of the molecule is COc1cccc(Nc2c[nH]c3c(C)cccc23)c1. The standard InChI is InChI=1S/C16H16N2O/c1-11-5-3-8-14-15(10-17-16(11)14)18-12-6-4-7-13(9-12)19-2/h3-10,17-18H,1-2H3. The zero-order valence-corrected chi connectivity index (χ0v) is 11.0. The van der Waals surface area contributed by atoms with Crippen molar-refractivity contribution in [2.75, 3.05) is 12.4 Å². The molecule has 1 aromatic heterocycles. The number of aromatic nitrogens is 1. The average Bonchev–Trinajstić information content (AvgIpc) is 2.84. The van der Waals surface area contributed by atoms with Crippen LogP contribution in [0.3, 0.4) is 0 Å². The predicted molar refractivity (Wildman–Crippen MR) is 79.3 cm³/mol. The summed E-state index contributed by atoms with van der Waals surface area (Å²) in [5, 5.41) is 4.61. The van der Waals surface area contributed by atoms with Crippen molar-refractivity contribution < 1.29 is 4.74 Å². The third kappa shape index (κ3) is 2.15. The fourth-order valence-corrected chi connectivity index (χ4v) is 2.27. The molecule has 0 aliphatic heterocycles. The number of aryl methyl sites for hydroxylation is 1. The summed E-state index contributed by atoms with van der Waals surface area (Å²) in [6.45, 7) is 2.11. The van der Waals surface area contributed by atoms with Gasteiger partial charge in [-0.3, -0.25) is 0 Å². The minimum atomic E-state index is 0.848. The van der Waals surface area contributed by atoms with E-state index < -0.39 is 0 Å². The van der Waals surface area contributed by atoms with Gasteiger partial charge >= 0.3 is 0 Å². The summed E-state index contributed by atoms with van der Waals surface area (Å²) in [5.74, 6) is 0.848. The molecule has 0 unspecified atom stereocenters. The summed E-state index contributed by atoms with van der Waals surface area (Å²) >= 11 is 0. The van der Waals surface area contributed by atoms with Crippen LogP contribution < -0.4 is 10.1 Å². The maximum Gasteiger partial charge on any atom is 0.120 e. The Balaban J connectivity index is 1.99. The monoisotopic (exact) mass is 252 g/mol. The number of aromatic amines is 1. The first-order valence-electron chi connectivity index (χ1n) is 6.26. The van der Waals surface area contributed by atoms with Crippen molar-refractivity contribution in [2.24, 2.45) is 0 Å². The van der Waals surface area contributed by atoms with Gasteiger partial charge in [-0.15, -0.1) is 0 Å². The van der Waals surface area contributed by atoms with Crippen LogP contribution in [0.1, 0.15) is 5.56 Å². The molecule has 0 spiro atoms. The Labute approximate surface area is 112 Å². The average molecular weight is 252 g/mol. The minimum Gasteiger partial charge on any atom is -0.497 e. The van der Waals surface area contributed by atoms with E-state index in [1.165, 1.54) is 16.5 Å². The van der Waals surface area contributed by atoms with Crippen LogP contribution in [-0.2, 0) is 0 Å². The molecule has 0 radical (unpaired) electrons. The van der Waals surface area contributed by atoms with Crippen molar-refractivity contribution in [3.8, 4) is 5.75 Å². The summed E-state index contributed by atoms with van der Waals surface area (Å²) in [4.78, 5) is 3.31. The highest BCUT2D eigenvalue weighted by atomic mass is 16.5. The molecule has 0 fully saturated rings. The van der Waals surface area contributed by atoms with Crippen LogP contribution in [0.5, 0.6) is 5.75 Å². The fraction of sp³-hybridized carbons (Fsp3) is 0.125. The van der Waals surface area contributed by atoms with Gasteiger partial charge in [0.15, 0.2) is 0 Å². The molecule has 96 valence electrons. The Morgan fingerprint density at radius 1 is 1.11 bits per heavy atom. The number of para-hydroxylation sites is 1. The third-order valence-electron chi connectivity index (χ3n) is 3.27. The Morgan fingerprint density at radius 3 is 2.79 bits per heavy atom. The van der Waals surface area contributed by atoms with Crippen LogP contribution >= 0.6 is 0 Å². The second-order valence-electron chi connectivity index (χ2n) is 4.56. The normalized spacial score (nSPS) is 10.6. The number of methoxy groups -OCH3 is 1. The topological polar surface area (TPSA) is 37.0 Å². The summed E-state index contributed by atoms with van der Waals surface area (Å²) in [6.07, 6.45) is 2.00. The first kappa shape index (κ1) is 11.7. The van der Waals surface area contributed by atoms with Gasteiger partial charge in [0.1, 0.15) is 5.75 Å². The van der Waals surface area contributed by atoms with E-state index in [4.69, 9.17) is 4.74 Å². The number of anilines is 2. The Kier molecular flexibility index (Phi) is 2.88. The van der Waals surface area contributed by atoms with Crippen LogP contribution in [0.15, 0.2) is 48.7 Å². The van der Waals surface area contributed by atoms with Gasteiger partial charge in [-0.25, -0.2) is 0 Å². The number of nitrogens with one attached hydrogen (secondary N) is 2. The molecule has 3 rings (SSSR count). The van der Waals surface area contributed by atoms with Crippen LogP contribution in [0.2, 0.25) is 0 Å². The number of ether oxygens (including phenoxy) is 1. The maximum absolute atomic E-state index is 5.23. The smallest absolute Gasteiger partial charge is 0.120 e. The number of hydrogen-bond acceptors (Lipinski definition) is 2. The predicted octanol–water partition coefficient (Wildman–Crippen LogP) is 4.23. The van der Waals surface area contributed by atoms with Crippen molar-refractivity contribution in [1.29, 1.82) is 0 Å². The van der Waals surface area contributed by atoms with Gasteiger partial charge in [-0.2, -0.15) is 0 Å². The van der Waals surface area contributed by atoms with Crippen molar-refractivity contribution in [3.05, 3.63) is 54.2 Å². The number of H-pyrrole nitrogens is 1. The number of benzene rings is 2. The van der Waals surface area contributed by atoms with E-state index in [1.807, 2.05) is 30.5 Å². The summed E-state index contributed by atoms with van der Waals surface area (Å²) in [6, 6.07) is 14.2. The van der Waals surface area contributed by atoms with Crippen molar-refractivity contribution in [3.63, 3.8) is 0 Å². The van der Waals surface area contributed by atoms with Crippen LogP contribution in [0.4, 0.5) is 11.4 Å². The van der Waals surface area contributed by atoms with Gasteiger partial charge in [0.05, 0.1) is 18.3 Å². The molecule has 3 heteroatoms. The summed E-state index contributed by atoms with van der Waals surface area (Å²) in [5.41, 5.74) is 4.51. The Bertz CT molecular complexity index is 716. The van der Waals surface area contributed by atoms with Gasteiger partial charge in [0, 0.05) is 23.3 Å². The van der Waals surface area contributed by atoms with Crippen LogP contribution in [-0.4, -0.2) is 12.1 Å². The van der Waals surface area contributed by atoms with E-state index in [9.17, 15) is 0 Å². The molecule has 0 aliphatic carbocycles. The molecule has 2 aromatic carbocycles. The zero-order chi connectivity index (χ0) is 13.2. The summed E-state index contributed by atoms with van der Waals surface area (Å²) in [7, 11) is 1.67. The van der Waals surface area contributed by atoms with E-state index in [-0.39, 0.29) is 0 Å². The molecule has 3 aromatic rings. The Hall–Kier alpha value is -2.42. The largest absolute Gasteiger partial charge is 0.497 e. The Morgan fingerprint density at radius 2 is 1.95 bits per heavy atom. The van der Waals surface area contributed by atoms with Gasteiger partial charge in [0.2, 0.25) is 0 Å². The van der Waals surface area contributed by atoms with Crippen molar-refractivity contribution >= 4 is 22.3 Å². The fourth-order valence-electron chi connectivity index (χ4n) is 2.27. The van der Waals surface area contributed by atoms with Crippen LogP contribution in [0.25, 0.3) is 10.9 Å². The molecule has 0 atom stereocenters. The highest BCUT2D eigenvalue weighted by molar-refractivity contribution is 5.95. The minimum absolute atomic E-state index is 0.848. The van der Waals surface area contributed by atoms with Gasteiger partial charge < -0.3 is 15.0 Å². The van der Waals surface area contributed by atoms with Crippen molar-refractivity contribution in [1.82, 2.24) is 4.98 Å². The van der Waals surface area contributed by atoms with Gasteiger partial charge in [0.25, 0.3) is 0 Å². The second-order valence-corrected chi connectivity index (χ2v) is 4.56. The van der Waals surface area contributed by atoms with E-state index >= 15 is 0 Å². The van der Waals surface area contributed by atoms with E-state index in [2.05, 4.69) is 35.4 Å². The molecule has 3 nitrogen and oxygen atoms in total. The highest BCUT2D eigenvalue weighted by Gasteiger charge is 2.05. The quantitative estimate of drug-likeness (QED) is 0.732. The third-order valence-corrected chi connectivity index (χ3v) is 3.27.